The van der Waals surface area contributed by atoms with Gasteiger partial charge in [0, 0.05) is 6.42 Å². The average molecular weight is 312 g/mol. The van der Waals surface area contributed by atoms with Crippen LogP contribution >= 0.6 is 7.60 Å². The predicted molar refractivity (Wildman–Crippen MR) is 69.4 cm³/mol. The molecule has 0 aliphatic rings. The molecule has 0 fully saturated rings. The predicted octanol–water partition coefficient (Wildman–Crippen LogP) is 0.538. The standard InChI is InChI=1S/C10H21N2O7P/c1-3-18-20(17,19-4-2)7-11-10(15)8(12-16)5-6-9(13)14/h8,12,16H,3-7H2,1-2H3,(H,11,15)(H,13,14)/t8-/m0/s1. The van der Waals surface area contributed by atoms with Crippen LogP contribution in [-0.4, -0.2) is 47.7 Å². The fourth-order valence-electron chi connectivity index (χ4n) is 1.34. The molecule has 0 rings (SSSR count). The largest absolute Gasteiger partial charge is 0.481 e. The summed E-state index contributed by atoms with van der Waals surface area (Å²) in [4.78, 5) is 22.1. The first-order valence-electron chi connectivity index (χ1n) is 6.15. The lowest BCUT2D eigenvalue weighted by molar-refractivity contribution is -0.137. The van der Waals surface area contributed by atoms with Gasteiger partial charge in [0.2, 0.25) is 5.91 Å². The summed E-state index contributed by atoms with van der Waals surface area (Å²) in [5.74, 6) is -1.78. The highest BCUT2D eigenvalue weighted by Gasteiger charge is 2.26. The van der Waals surface area contributed by atoms with Crippen LogP contribution in [0.15, 0.2) is 0 Å². The van der Waals surface area contributed by atoms with E-state index in [4.69, 9.17) is 19.4 Å². The van der Waals surface area contributed by atoms with Crippen molar-refractivity contribution in [2.45, 2.75) is 32.7 Å². The van der Waals surface area contributed by atoms with Crippen LogP contribution in [0.1, 0.15) is 26.7 Å². The molecule has 0 aliphatic heterocycles. The molecule has 0 aromatic carbocycles. The third-order valence-corrected chi connectivity index (χ3v) is 4.07. The smallest absolute Gasteiger partial charge is 0.349 e. The van der Waals surface area contributed by atoms with Crippen LogP contribution in [0.25, 0.3) is 0 Å². The monoisotopic (exact) mass is 312 g/mol. The van der Waals surface area contributed by atoms with Gasteiger partial charge in [0.1, 0.15) is 12.3 Å². The van der Waals surface area contributed by atoms with E-state index in [0.29, 0.717) is 0 Å². The van der Waals surface area contributed by atoms with E-state index in [1.165, 1.54) is 0 Å². The molecule has 0 aromatic heterocycles. The van der Waals surface area contributed by atoms with E-state index in [9.17, 15) is 14.2 Å². The summed E-state index contributed by atoms with van der Waals surface area (Å²) in [6.45, 7) is 3.60. The van der Waals surface area contributed by atoms with Crippen molar-refractivity contribution in [3.8, 4) is 0 Å². The highest BCUT2D eigenvalue weighted by atomic mass is 31.2. The minimum atomic E-state index is -3.42. The molecule has 0 bridgehead atoms. The second-order valence-corrected chi connectivity index (χ2v) is 5.81. The van der Waals surface area contributed by atoms with Crippen LogP contribution < -0.4 is 10.8 Å². The number of rotatable bonds is 11. The van der Waals surface area contributed by atoms with Crippen molar-refractivity contribution in [1.29, 1.82) is 0 Å². The van der Waals surface area contributed by atoms with E-state index in [1.54, 1.807) is 19.3 Å². The van der Waals surface area contributed by atoms with Crippen LogP contribution in [0.4, 0.5) is 0 Å². The van der Waals surface area contributed by atoms with Gasteiger partial charge in [0.15, 0.2) is 0 Å². The number of carbonyl (C=O) groups is 2. The highest BCUT2D eigenvalue weighted by molar-refractivity contribution is 7.53. The third kappa shape index (κ3) is 7.56. The van der Waals surface area contributed by atoms with Crippen molar-refractivity contribution in [1.82, 2.24) is 10.8 Å². The Kier molecular flexibility index (Phi) is 9.35. The highest BCUT2D eigenvalue weighted by Crippen LogP contribution is 2.46. The molecular formula is C10H21N2O7P. The average Bonchev–Trinajstić information content (AvgIpc) is 2.37. The first-order valence-corrected chi connectivity index (χ1v) is 7.88. The number of aliphatic carboxylic acids is 1. The Hall–Kier alpha value is -0.990. The molecule has 4 N–H and O–H groups in total. The minimum absolute atomic E-state index is 0.106. The summed E-state index contributed by atoms with van der Waals surface area (Å²) in [6, 6.07) is -1.11. The van der Waals surface area contributed by atoms with Crippen LogP contribution in [0.3, 0.4) is 0 Å². The Bertz CT molecular complexity index is 354. The maximum absolute atomic E-state index is 12.1. The lowest BCUT2D eigenvalue weighted by Gasteiger charge is -2.19. The van der Waals surface area contributed by atoms with Crippen molar-refractivity contribution >= 4 is 19.5 Å². The van der Waals surface area contributed by atoms with Crippen molar-refractivity contribution in [3.05, 3.63) is 0 Å². The molecular weight excluding hydrogens is 291 g/mol. The van der Waals surface area contributed by atoms with Gasteiger partial charge in [0.05, 0.1) is 13.2 Å². The molecule has 0 heterocycles. The number of carboxylic acids is 1. The van der Waals surface area contributed by atoms with E-state index in [2.05, 4.69) is 5.32 Å². The Morgan fingerprint density at radius 2 is 1.80 bits per heavy atom. The zero-order chi connectivity index (χ0) is 15.6. The fraction of sp³-hybridized carbons (Fsp3) is 0.800. The van der Waals surface area contributed by atoms with Crippen molar-refractivity contribution < 1.29 is 33.5 Å². The molecule has 0 aliphatic carbocycles. The normalized spacial score (nSPS) is 12.9. The quantitative estimate of drug-likeness (QED) is 0.321. The van der Waals surface area contributed by atoms with Gasteiger partial charge in [-0.2, -0.15) is 5.48 Å². The molecule has 0 saturated carbocycles. The van der Waals surface area contributed by atoms with E-state index in [1.807, 2.05) is 0 Å². The molecule has 0 unspecified atom stereocenters. The summed E-state index contributed by atoms with van der Waals surface area (Å²) in [6.07, 6.45) is -0.746. The van der Waals surface area contributed by atoms with Gasteiger partial charge in [-0.3, -0.25) is 14.2 Å². The summed E-state index contributed by atoms with van der Waals surface area (Å²) in [5, 5.41) is 19.6. The van der Waals surface area contributed by atoms with Gasteiger partial charge in [-0.25, -0.2) is 0 Å². The SMILES string of the molecule is CCOP(=O)(CNC(=O)[C@H](CCC(=O)O)NO)OCC. The number of nitrogens with one attached hydrogen (secondary N) is 2. The summed E-state index contributed by atoms with van der Waals surface area (Å²) >= 11 is 0. The second-order valence-electron chi connectivity index (χ2n) is 3.76. The number of carboxylic acid groups (broad SMARTS) is 1. The lowest BCUT2D eigenvalue weighted by Crippen LogP contribution is -2.43. The Morgan fingerprint density at radius 3 is 2.20 bits per heavy atom. The lowest BCUT2D eigenvalue weighted by atomic mass is 10.1. The number of hydroxylamine groups is 1. The topological polar surface area (TPSA) is 134 Å². The molecule has 1 atom stereocenters. The van der Waals surface area contributed by atoms with Crippen molar-refractivity contribution in [2.24, 2.45) is 0 Å². The number of amides is 1. The summed E-state index contributed by atoms with van der Waals surface area (Å²) in [7, 11) is -3.42. The minimum Gasteiger partial charge on any atom is -0.481 e. The second kappa shape index (κ2) is 9.84. The van der Waals surface area contributed by atoms with Crippen LogP contribution in [-0.2, 0) is 23.2 Å². The fourth-order valence-corrected chi connectivity index (χ4v) is 2.74. The van der Waals surface area contributed by atoms with E-state index < -0.39 is 25.5 Å². The first kappa shape index (κ1) is 19.0. The summed E-state index contributed by atoms with van der Waals surface area (Å²) in [5.41, 5.74) is 1.71. The third-order valence-electron chi connectivity index (χ3n) is 2.22. The van der Waals surface area contributed by atoms with E-state index >= 15 is 0 Å². The maximum Gasteiger partial charge on any atom is 0.349 e. The molecule has 0 saturated heterocycles. The van der Waals surface area contributed by atoms with E-state index in [0.717, 1.165) is 0 Å². The Morgan fingerprint density at radius 1 is 1.25 bits per heavy atom. The van der Waals surface area contributed by atoms with Crippen LogP contribution in [0.2, 0.25) is 0 Å². The number of hydrogen-bond donors (Lipinski definition) is 4. The molecule has 118 valence electrons. The van der Waals surface area contributed by atoms with Gasteiger partial charge < -0.3 is 24.7 Å². The molecule has 10 heteroatoms. The molecule has 20 heavy (non-hydrogen) atoms. The summed E-state index contributed by atoms with van der Waals surface area (Å²) < 4.78 is 22.0. The van der Waals surface area contributed by atoms with E-state index in [-0.39, 0.29) is 32.3 Å². The van der Waals surface area contributed by atoms with Crippen molar-refractivity contribution in [3.63, 3.8) is 0 Å². The molecule has 0 radical (unpaired) electrons. The Labute approximate surface area is 117 Å². The Balaban J connectivity index is 4.41. The molecule has 9 nitrogen and oxygen atoms in total. The van der Waals surface area contributed by atoms with Gasteiger partial charge in [0.25, 0.3) is 0 Å². The van der Waals surface area contributed by atoms with Gasteiger partial charge >= 0.3 is 13.6 Å². The zero-order valence-electron chi connectivity index (χ0n) is 11.5. The molecule has 1 amide bonds. The van der Waals surface area contributed by atoms with Crippen LogP contribution in [0, 0.1) is 0 Å². The zero-order valence-corrected chi connectivity index (χ0v) is 12.4. The van der Waals surface area contributed by atoms with Gasteiger partial charge in [-0.05, 0) is 20.3 Å². The number of hydrogen-bond acceptors (Lipinski definition) is 7. The first-order chi connectivity index (χ1) is 9.38. The molecule has 0 spiro atoms. The maximum atomic E-state index is 12.1. The van der Waals surface area contributed by atoms with Crippen molar-refractivity contribution in [2.75, 3.05) is 19.5 Å². The number of carbonyl (C=O) groups excluding carboxylic acids is 1. The molecule has 0 aromatic rings. The van der Waals surface area contributed by atoms with Crippen LogP contribution in [0.5, 0.6) is 0 Å². The van der Waals surface area contributed by atoms with Gasteiger partial charge in [-0.1, -0.05) is 0 Å². The van der Waals surface area contributed by atoms with Gasteiger partial charge in [-0.15, -0.1) is 0 Å².